The molecule has 0 N–H and O–H groups in total. The lowest BCUT2D eigenvalue weighted by Crippen LogP contribution is -2.19. The fourth-order valence-corrected chi connectivity index (χ4v) is 6.97. The highest BCUT2D eigenvalue weighted by Crippen LogP contribution is 2.34. The van der Waals surface area contributed by atoms with Gasteiger partial charge in [0.1, 0.15) is 16.4 Å². The van der Waals surface area contributed by atoms with Gasteiger partial charge >= 0.3 is 10.1 Å². The van der Waals surface area contributed by atoms with Crippen molar-refractivity contribution < 1.29 is 44.2 Å². The lowest BCUT2D eigenvalue weighted by Gasteiger charge is -2.15. The monoisotopic (exact) mass is 670 g/mol. The van der Waals surface area contributed by atoms with Crippen molar-refractivity contribution in [2.45, 2.75) is 47.7 Å². The summed E-state index contributed by atoms with van der Waals surface area (Å²) in [5.74, 6) is -0.580. The highest BCUT2D eigenvalue weighted by atomic mass is 35.5. The van der Waals surface area contributed by atoms with E-state index in [4.69, 9.17) is 45.8 Å². The Labute approximate surface area is 260 Å². The van der Waals surface area contributed by atoms with Crippen LogP contribution in [-0.4, -0.2) is 61.3 Å². The molecule has 5 rings (SSSR count). The molecule has 3 aromatic rings. The van der Waals surface area contributed by atoms with Gasteiger partial charge in [-0.15, -0.1) is 0 Å². The Kier molecular flexibility index (Phi) is 10.1. The average Bonchev–Trinajstić information content (AvgIpc) is 3.71. The summed E-state index contributed by atoms with van der Waals surface area (Å²) in [4.78, 5) is 12.8. The van der Waals surface area contributed by atoms with Crippen molar-refractivity contribution in [2.24, 2.45) is 0 Å². The van der Waals surface area contributed by atoms with E-state index in [1.165, 1.54) is 54.6 Å². The summed E-state index contributed by atoms with van der Waals surface area (Å²) in [6, 6.07) is 13.5. The van der Waals surface area contributed by atoms with E-state index in [1.807, 2.05) is 0 Å². The Bertz CT molecular complexity index is 1680. The molecule has 0 aromatic heterocycles. The number of ketones is 1. The van der Waals surface area contributed by atoms with E-state index < -0.39 is 30.9 Å². The molecule has 2 heterocycles. The maximum atomic E-state index is 13.4. The average molecular weight is 672 g/mol. The Morgan fingerprint density at radius 2 is 1.42 bits per heavy atom. The predicted octanol–water partition coefficient (Wildman–Crippen LogP) is 5.79. The lowest BCUT2D eigenvalue weighted by atomic mass is 10.0. The molecular formula is C29H28Cl2O10S2. The fourth-order valence-electron chi connectivity index (χ4n) is 4.57. The summed E-state index contributed by atoms with van der Waals surface area (Å²) in [7, 11) is -8.50. The van der Waals surface area contributed by atoms with Crippen LogP contribution in [0, 0.1) is 0 Å². The van der Waals surface area contributed by atoms with E-state index in [0.717, 1.165) is 25.3 Å². The fraction of sp³-hybridized carbons (Fsp3) is 0.345. The van der Waals surface area contributed by atoms with Gasteiger partial charge in [0.05, 0.1) is 35.3 Å². The normalized spacial score (nSPS) is 19.0. The number of benzene rings is 3. The van der Waals surface area contributed by atoms with Crippen LogP contribution in [-0.2, 0) is 38.1 Å². The first kappa shape index (κ1) is 31.9. The van der Waals surface area contributed by atoms with Crippen LogP contribution in [0.25, 0.3) is 0 Å². The number of hydrogen-bond donors (Lipinski definition) is 0. The Hall–Kier alpha value is -2.55. The molecular weight excluding hydrogens is 643 g/mol. The minimum atomic E-state index is -4.45. The first-order chi connectivity index (χ1) is 20.5. The molecule has 43 heavy (non-hydrogen) atoms. The molecule has 2 aliphatic heterocycles. The topological polar surface area (TPSA) is 132 Å². The van der Waals surface area contributed by atoms with Gasteiger partial charge in [0, 0.05) is 29.4 Å². The van der Waals surface area contributed by atoms with E-state index in [9.17, 15) is 21.6 Å². The molecule has 0 spiro atoms. The van der Waals surface area contributed by atoms with Gasteiger partial charge < -0.3 is 14.2 Å². The van der Waals surface area contributed by atoms with Crippen LogP contribution in [0.3, 0.4) is 0 Å². The first-order valence-corrected chi connectivity index (χ1v) is 17.0. The largest absolute Gasteiger partial charge is 0.456 e. The number of rotatable bonds is 12. The number of ether oxygens (including phenoxy) is 3. The smallest absolute Gasteiger partial charge is 0.300 e. The Balaban J connectivity index is 1.40. The Morgan fingerprint density at radius 3 is 2.02 bits per heavy atom. The van der Waals surface area contributed by atoms with E-state index in [2.05, 4.69) is 0 Å². The number of hydrogen-bond acceptors (Lipinski definition) is 10. The van der Waals surface area contributed by atoms with E-state index in [1.54, 1.807) is 0 Å². The van der Waals surface area contributed by atoms with Crippen LogP contribution in [0.1, 0.15) is 41.6 Å². The second-order valence-electron chi connectivity index (χ2n) is 9.94. The summed E-state index contributed by atoms with van der Waals surface area (Å²) in [6.45, 7) is 0.788. The van der Waals surface area contributed by atoms with Gasteiger partial charge in [-0.2, -0.15) is 16.8 Å². The van der Waals surface area contributed by atoms with Crippen molar-refractivity contribution in [3.8, 4) is 11.5 Å². The molecule has 2 fully saturated rings. The maximum absolute atomic E-state index is 13.4. The van der Waals surface area contributed by atoms with Gasteiger partial charge in [0.25, 0.3) is 10.1 Å². The lowest BCUT2D eigenvalue weighted by molar-refractivity contribution is 0.0700. The SMILES string of the molecule is O=C(c1ccc(Oc2ccc(S(=O)(=O)OCC3CCCO3)cc2)c(S(=O)(=O)OCC2CCCO2)c1)c1cc(Cl)ccc1Cl. The molecule has 0 radical (unpaired) electrons. The summed E-state index contributed by atoms with van der Waals surface area (Å²) < 4.78 is 79.1. The van der Waals surface area contributed by atoms with Gasteiger partial charge in [-0.1, -0.05) is 23.2 Å². The van der Waals surface area contributed by atoms with Crippen molar-refractivity contribution in [3.05, 3.63) is 81.8 Å². The molecule has 0 bridgehead atoms. The van der Waals surface area contributed by atoms with Gasteiger partial charge in [-0.3, -0.25) is 13.2 Å². The molecule has 0 saturated carbocycles. The summed E-state index contributed by atoms with van der Waals surface area (Å²) in [5, 5.41) is 0.423. The molecule has 3 aromatic carbocycles. The van der Waals surface area contributed by atoms with Gasteiger partial charge in [-0.05, 0) is 86.3 Å². The van der Waals surface area contributed by atoms with Gasteiger partial charge in [0.2, 0.25) is 0 Å². The highest BCUT2D eigenvalue weighted by Gasteiger charge is 2.28. The summed E-state index contributed by atoms with van der Waals surface area (Å²) in [6.07, 6.45) is 2.35. The molecule has 2 atom stereocenters. The molecule has 2 aliphatic rings. The van der Waals surface area contributed by atoms with E-state index in [0.29, 0.717) is 19.6 Å². The van der Waals surface area contributed by atoms with Crippen molar-refractivity contribution in [3.63, 3.8) is 0 Å². The summed E-state index contributed by atoms with van der Waals surface area (Å²) in [5.41, 5.74) is 0.0885. The molecule has 230 valence electrons. The van der Waals surface area contributed by atoms with Crippen LogP contribution in [0.15, 0.2) is 70.5 Å². The van der Waals surface area contributed by atoms with Crippen LogP contribution < -0.4 is 4.74 Å². The highest BCUT2D eigenvalue weighted by molar-refractivity contribution is 7.87. The van der Waals surface area contributed by atoms with Crippen molar-refractivity contribution >= 4 is 49.2 Å². The molecule has 14 heteroatoms. The Morgan fingerprint density at radius 1 is 0.791 bits per heavy atom. The van der Waals surface area contributed by atoms with Crippen molar-refractivity contribution in [1.82, 2.24) is 0 Å². The zero-order valence-corrected chi connectivity index (χ0v) is 25.9. The molecule has 0 aliphatic carbocycles. The van der Waals surface area contributed by atoms with Gasteiger partial charge in [0.15, 0.2) is 5.78 Å². The quantitative estimate of drug-likeness (QED) is 0.172. The first-order valence-electron chi connectivity index (χ1n) is 13.5. The number of halogens is 2. The second-order valence-corrected chi connectivity index (χ2v) is 14.0. The minimum absolute atomic E-state index is 0.000593. The molecule has 2 saturated heterocycles. The second kappa shape index (κ2) is 13.6. The van der Waals surface area contributed by atoms with Crippen molar-refractivity contribution in [2.75, 3.05) is 26.4 Å². The third-order valence-electron chi connectivity index (χ3n) is 6.85. The van der Waals surface area contributed by atoms with Crippen LogP contribution in [0.5, 0.6) is 11.5 Å². The van der Waals surface area contributed by atoms with Gasteiger partial charge in [-0.25, -0.2) is 0 Å². The zero-order valence-electron chi connectivity index (χ0n) is 22.7. The van der Waals surface area contributed by atoms with Crippen LogP contribution in [0.4, 0.5) is 0 Å². The summed E-state index contributed by atoms with van der Waals surface area (Å²) >= 11 is 12.3. The standard InChI is InChI=1S/C29H28Cl2O10S2/c30-20-6-11-26(31)25(16-20)29(32)19-5-12-27(28(15-19)43(35,36)40-18-23-4-2-14-38-23)41-21-7-9-24(10-8-21)42(33,34)39-17-22-3-1-13-37-22/h5-12,15-16,22-23H,1-4,13-14,17-18H2. The maximum Gasteiger partial charge on any atom is 0.300 e. The van der Waals surface area contributed by atoms with E-state index >= 15 is 0 Å². The van der Waals surface area contributed by atoms with Crippen LogP contribution in [0.2, 0.25) is 10.0 Å². The minimum Gasteiger partial charge on any atom is -0.456 e. The van der Waals surface area contributed by atoms with E-state index in [-0.39, 0.29) is 63.0 Å². The number of carbonyl (C=O) groups excluding carboxylic acids is 1. The third kappa shape index (κ3) is 7.95. The predicted molar refractivity (Wildman–Crippen MR) is 157 cm³/mol. The van der Waals surface area contributed by atoms with Crippen molar-refractivity contribution in [1.29, 1.82) is 0 Å². The zero-order chi connectivity index (χ0) is 30.6. The molecule has 10 nitrogen and oxygen atoms in total. The molecule has 2 unspecified atom stereocenters. The number of carbonyl (C=O) groups is 1. The third-order valence-corrected chi connectivity index (χ3v) is 10.0. The van der Waals surface area contributed by atoms with Crippen LogP contribution >= 0.6 is 23.2 Å². The molecule has 0 amide bonds.